The highest BCUT2D eigenvalue weighted by Gasteiger charge is 2.28. The lowest BCUT2D eigenvalue weighted by Crippen LogP contribution is -2.45. The van der Waals surface area contributed by atoms with Crippen LogP contribution in [-0.4, -0.2) is 172 Å². The number of ketones is 16. The normalized spacial score (nSPS) is 11.6. The molecule has 0 aliphatic rings. The third-order valence-electron chi connectivity index (χ3n) is 20.4. The van der Waals surface area contributed by atoms with E-state index in [1.165, 1.54) is 0 Å². The molecule has 1 unspecified atom stereocenters. The Labute approximate surface area is 780 Å². The Bertz CT molecular complexity index is 3290. The average molecular weight is 1820 g/mol. The molecule has 2 amide bonds. The monoisotopic (exact) mass is 1820 g/mol. The van der Waals surface area contributed by atoms with Crippen LogP contribution in [0.25, 0.3) is 0 Å². The molecule has 0 fully saturated rings. The van der Waals surface area contributed by atoms with E-state index in [4.69, 9.17) is 0 Å². The second-order valence-corrected chi connectivity index (χ2v) is 38.8. The molecule has 0 radical (unpaired) electrons. The van der Waals surface area contributed by atoms with E-state index in [1.54, 1.807) is 67.5 Å². The molecule has 2 atom stereocenters. The Kier molecular flexibility index (Phi) is 82.2. The maximum atomic E-state index is 12.5. The molecule has 0 heterocycles. The third kappa shape index (κ3) is 85.7. The Morgan fingerprint density at radius 1 is 0.264 bits per heavy atom. The van der Waals surface area contributed by atoms with Gasteiger partial charge in [0.15, 0.2) is 17.3 Å². The van der Waals surface area contributed by atoms with Crippen LogP contribution in [0.2, 0.25) is 0 Å². The molecule has 1 aromatic rings. The molecule has 0 aliphatic heterocycles. The van der Waals surface area contributed by atoms with Gasteiger partial charge in [0.05, 0.1) is 18.6 Å². The van der Waals surface area contributed by atoms with Gasteiger partial charge in [0, 0.05) is 218 Å². The van der Waals surface area contributed by atoms with Crippen molar-refractivity contribution < 1.29 is 91.4 Å². The van der Waals surface area contributed by atoms with Crippen molar-refractivity contribution in [3.63, 3.8) is 0 Å². The number of rotatable bonds is 66. The smallest absolute Gasteiger partial charge is 0.223 e. The van der Waals surface area contributed by atoms with E-state index >= 15 is 0 Å². The minimum absolute atomic E-state index is 0.00180. The number of carbonyl (C=O) groups is 18. The number of phenols is 1. The lowest BCUT2D eigenvalue weighted by molar-refractivity contribution is -0.133. The molecule has 0 saturated carbocycles. The number of nitrogens with one attached hydrogen (secondary N) is 6. The topological polar surface area (TPSA) is 400 Å². The minimum atomic E-state index is -0.685. The molecule has 129 heavy (non-hydrogen) atoms. The Morgan fingerprint density at radius 2 is 0.550 bits per heavy atom. The van der Waals surface area contributed by atoms with E-state index in [0.717, 1.165) is 70.1 Å². The number of hydrogen-bond donors (Lipinski definition) is 7. The van der Waals surface area contributed by atoms with Crippen LogP contribution in [-0.2, 0) is 92.7 Å². The zero-order valence-corrected chi connectivity index (χ0v) is 86.3. The van der Waals surface area contributed by atoms with Gasteiger partial charge in [-0.25, -0.2) is 0 Å². The zero-order chi connectivity index (χ0) is 101. The van der Waals surface area contributed by atoms with Crippen molar-refractivity contribution >= 4 is 104 Å². The van der Waals surface area contributed by atoms with Gasteiger partial charge < -0.3 is 37.0 Å². The first-order valence-electron chi connectivity index (χ1n) is 48.5. The Hall–Kier alpha value is -7.48. The quantitative estimate of drug-likeness (QED) is 0.0298. The summed E-state index contributed by atoms with van der Waals surface area (Å²) in [5.41, 5.74) is 0.989. The lowest BCUT2D eigenvalue weighted by Gasteiger charge is -2.21. The largest absolute Gasteiger partial charge is 0.508 e. The highest BCUT2D eigenvalue weighted by molar-refractivity contribution is 5.96. The van der Waals surface area contributed by atoms with Gasteiger partial charge in [-0.1, -0.05) is 220 Å². The fourth-order valence-electron chi connectivity index (χ4n) is 11.3. The Morgan fingerprint density at radius 3 is 0.853 bits per heavy atom. The summed E-state index contributed by atoms with van der Waals surface area (Å²) >= 11 is 0. The van der Waals surface area contributed by atoms with Gasteiger partial charge in [-0.15, -0.1) is 0 Å². The van der Waals surface area contributed by atoms with Crippen LogP contribution in [0.15, 0.2) is 24.3 Å². The summed E-state index contributed by atoms with van der Waals surface area (Å²) in [5.74, 6) is 1.66. The minimum Gasteiger partial charge on any atom is -0.508 e. The summed E-state index contributed by atoms with van der Waals surface area (Å²) in [4.78, 5) is 208. The summed E-state index contributed by atoms with van der Waals surface area (Å²) in [7, 11) is 0. The van der Waals surface area contributed by atoms with E-state index in [9.17, 15) is 91.4 Å². The summed E-state index contributed by atoms with van der Waals surface area (Å²) in [6.45, 7) is 60.0. The zero-order valence-electron chi connectivity index (χ0n) is 86.3. The molecular formula is C104H184N6O19. The van der Waals surface area contributed by atoms with Crippen molar-refractivity contribution in [2.75, 3.05) is 26.2 Å². The number of Topliss-reactive ketones (excluding diaryl/α,β-unsaturated/α-hetero) is 16. The van der Waals surface area contributed by atoms with Crippen molar-refractivity contribution in [2.24, 2.45) is 65.1 Å². The maximum Gasteiger partial charge on any atom is 0.223 e. The predicted molar refractivity (Wildman–Crippen MR) is 521 cm³/mol. The van der Waals surface area contributed by atoms with Gasteiger partial charge in [-0.05, 0) is 94.6 Å². The number of amides is 2. The van der Waals surface area contributed by atoms with E-state index in [-0.39, 0.29) is 208 Å². The van der Waals surface area contributed by atoms with Gasteiger partial charge in [0.1, 0.15) is 80.9 Å². The number of unbranched alkanes of at least 4 members (excludes halogenated alkanes) is 2. The molecule has 1 rings (SSSR count). The van der Waals surface area contributed by atoms with Crippen molar-refractivity contribution in [2.45, 2.75) is 430 Å². The summed E-state index contributed by atoms with van der Waals surface area (Å²) < 4.78 is 0. The molecule has 1 aromatic carbocycles. The summed E-state index contributed by atoms with van der Waals surface area (Å²) in [6.07, 6.45) is 14.6. The molecule has 25 nitrogen and oxygen atoms in total. The van der Waals surface area contributed by atoms with Crippen LogP contribution < -0.4 is 31.9 Å². The van der Waals surface area contributed by atoms with Crippen LogP contribution >= 0.6 is 0 Å². The number of benzene rings is 1. The van der Waals surface area contributed by atoms with Crippen LogP contribution in [0.5, 0.6) is 5.75 Å². The molecule has 0 bridgehead atoms. The number of carbonyl (C=O) groups excluding carboxylic acids is 18. The first-order valence-corrected chi connectivity index (χ1v) is 48.5. The second-order valence-electron chi connectivity index (χ2n) is 38.8. The molecule has 0 aromatic heterocycles. The molecule has 25 heteroatoms. The predicted octanol–water partition coefficient (Wildman–Crippen LogP) is 18.1. The van der Waals surface area contributed by atoms with E-state index < -0.39 is 6.04 Å². The summed E-state index contributed by atoms with van der Waals surface area (Å²) in [5, 5.41) is 27.8. The van der Waals surface area contributed by atoms with Crippen LogP contribution in [0, 0.1) is 65.1 Å². The van der Waals surface area contributed by atoms with Gasteiger partial charge in [0.25, 0.3) is 0 Å². The highest BCUT2D eigenvalue weighted by Crippen LogP contribution is 2.18. The summed E-state index contributed by atoms with van der Waals surface area (Å²) in [6, 6.07) is 7.60. The molecular weight excluding hydrogens is 1640 g/mol. The SMILES string of the molecule is CC(C)C(=O)CC(NC(=O)C(C)C)C(=O)C(C)C.CC(C)C(=O)CCC(=O)CCC(=O)C(C)C.CC(C)C(=O)CCC(=O)CCCCC(=O)NCC(=O)C(C)C.CC(C)C(=O)CCCCC(=O)CCC(=O)C(C)C.CC(C)CC(=O)CCC(=O)[C@H](Cc1ccc(O)cc1)NC(C)C.CC(C)NCCCC(=O)CCC(=O)C(C)C.CC(C)NCCCC(=O)CCCNC(C)C. The van der Waals surface area contributed by atoms with Crippen LogP contribution in [0.3, 0.4) is 0 Å². The first kappa shape index (κ1) is 132. The maximum absolute atomic E-state index is 12.5. The van der Waals surface area contributed by atoms with Gasteiger partial charge in [-0.2, -0.15) is 0 Å². The lowest BCUT2D eigenvalue weighted by atomic mass is 9.93. The van der Waals surface area contributed by atoms with Crippen molar-refractivity contribution in [1.29, 1.82) is 0 Å². The van der Waals surface area contributed by atoms with Crippen molar-refractivity contribution in [1.82, 2.24) is 31.9 Å². The van der Waals surface area contributed by atoms with Crippen molar-refractivity contribution in [3.8, 4) is 5.75 Å². The molecule has 744 valence electrons. The molecule has 0 saturated heterocycles. The highest BCUT2D eigenvalue weighted by atomic mass is 16.3. The van der Waals surface area contributed by atoms with Gasteiger partial charge in [0.2, 0.25) is 11.8 Å². The second kappa shape index (κ2) is 80.2. The fourth-order valence-corrected chi connectivity index (χ4v) is 11.3. The van der Waals surface area contributed by atoms with Crippen molar-refractivity contribution in [3.05, 3.63) is 29.8 Å². The van der Waals surface area contributed by atoms with Gasteiger partial charge >= 0.3 is 0 Å². The molecule has 7 N–H and O–H groups in total. The fraction of sp³-hybridized carbons (Fsp3) is 0.769. The third-order valence-corrected chi connectivity index (χ3v) is 20.4. The number of hydrogen-bond acceptors (Lipinski definition) is 23. The van der Waals surface area contributed by atoms with E-state index in [2.05, 4.69) is 73.4 Å². The number of phenolic OH excluding ortho intramolecular Hbond substituents is 1. The first-order chi connectivity index (χ1) is 59.8. The van der Waals surface area contributed by atoms with Gasteiger partial charge in [-0.3, -0.25) is 86.3 Å². The average Bonchev–Trinajstić information content (AvgIpc) is 0.882. The van der Waals surface area contributed by atoms with E-state index in [1.807, 2.05) is 123 Å². The Balaban J connectivity index is -0.000000344. The van der Waals surface area contributed by atoms with E-state index in [0.29, 0.717) is 145 Å². The van der Waals surface area contributed by atoms with Crippen LogP contribution in [0.4, 0.5) is 0 Å². The standard InChI is InChI=1S/C19H29NO3.C17H29NO4.C15H26O3.C14H25NO3.C13H28N2O.C13H25NO2.C13H22O3/c1-13(2)11-17(22)9-10-19(23)18(20-14(3)4)12-15-5-7-16(21)8-6-15;1-12(2)15(20)10-9-14(19)7-5-6-8-17(22)18-11-16(21)13(3)4;1-11(2)14(17)8-6-5-7-13(16)9-10-15(18)12(3)4;1-8(2)12(16)7-11(13(17)9(3)4)15-14(18)10(5)6;1-11(2)14-9-5-7-13(16)8-6-10-15-12(3)4;1-10(2)13(16)8-7-12(15)6-5-9-14-11(3)4;1-9(2)12(15)7-5-11(14)6-8-13(16)10(3)4/h5-8,13-14,18,20-21H,9-12H2,1-4H3;12-13H,5-11H2,1-4H3,(H,18,22);11-12H,5-10H2,1-4H3;8-11H,7H2,1-6H3,(H,15,18);11-12,14-15H,5-10H2,1-4H3;10-11,14H,5-9H2,1-4H3;9-10H,5-8H2,1-4H3/t18-;;;;;;/m0....../s1. The molecule has 0 spiro atoms. The van der Waals surface area contributed by atoms with Crippen LogP contribution in [0.1, 0.15) is 393 Å². The number of aromatic hydroxyl groups is 1. The molecule has 0 aliphatic carbocycles.